The fourth-order valence-electron chi connectivity index (χ4n) is 3.43. The summed E-state index contributed by atoms with van der Waals surface area (Å²) in [6.45, 7) is 2.03. The van der Waals surface area contributed by atoms with Crippen LogP contribution >= 0.6 is 11.3 Å². The molecule has 0 unspecified atom stereocenters. The van der Waals surface area contributed by atoms with Gasteiger partial charge in [-0.15, -0.1) is 11.3 Å². The molecule has 4 rings (SSSR count). The number of thiophene rings is 1. The van der Waals surface area contributed by atoms with Crippen LogP contribution in [0.3, 0.4) is 0 Å². The lowest BCUT2D eigenvalue weighted by Gasteiger charge is -2.23. The van der Waals surface area contributed by atoms with E-state index in [1.807, 2.05) is 67.6 Å². The second-order valence-corrected chi connectivity index (χ2v) is 8.25. The van der Waals surface area contributed by atoms with Crippen molar-refractivity contribution in [1.82, 2.24) is 4.98 Å². The molecule has 2 aromatic heterocycles. The van der Waals surface area contributed by atoms with Gasteiger partial charge in [-0.25, -0.2) is 4.98 Å². The first-order chi connectivity index (χ1) is 15.2. The molecule has 0 fully saturated rings. The van der Waals surface area contributed by atoms with Gasteiger partial charge in [-0.3, -0.25) is 4.79 Å². The summed E-state index contributed by atoms with van der Waals surface area (Å²) >= 11 is 1.55. The number of hydrogen-bond acceptors (Lipinski definition) is 5. The van der Waals surface area contributed by atoms with Gasteiger partial charge in [-0.05, 0) is 43.3 Å². The summed E-state index contributed by atoms with van der Waals surface area (Å²) < 4.78 is 5.64. The topological polar surface area (TPSA) is 63.2 Å². The third-order valence-corrected chi connectivity index (χ3v) is 5.85. The van der Waals surface area contributed by atoms with E-state index >= 15 is 0 Å². The molecule has 156 valence electrons. The Bertz CT molecular complexity index is 1160. The first-order valence-electron chi connectivity index (χ1n) is 9.93. The molecule has 31 heavy (non-hydrogen) atoms. The van der Waals surface area contributed by atoms with Gasteiger partial charge in [0.2, 0.25) is 0 Å². The first kappa shape index (κ1) is 20.6. The Kier molecular flexibility index (Phi) is 6.29. The molecule has 6 heteroatoms. The van der Waals surface area contributed by atoms with E-state index in [2.05, 4.69) is 21.7 Å². The number of amides is 1. The number of rotatable bonds is 7. The van der Waals surface area contributed by atoms with Gasteiger partial charge in [0.05, 0.1) is 13.2 Å². The zero-order valence-electron chi connectivity index (χ0n) is 17.3. The average molecular weight is 430 g/mol. The predicted octanol–water partition coefficient (Wildman–Crippen LogP) is 5.91. The summed E-state index contributed by atoms with van der Waals surface area (Å²) in [5.41, 5.74) is 2.54. The van der Waals surface area contributed by atoms with Crippen LogP contribution in [0.25, 0.3) is 0 Å². The molecule has 2 N–H and O–H groups in total. The summed E-state index contributed by atoms with van der Waals surface area (Å²) in [7, 11) is 1.66. The highest BCUT2D eigenvalue weighted by atomic mass is 32.1. The monoisotopic (exact) mass is 429 g/mol. The fourth-order valence-corrected chi connectivity index (χ4v) is 4.38. The van der Waals surface area contributed by atoms with Gasteiger partial charge in [-0.1, -0.05) is 42.5 Å². The average Bonchev–Trinajstić information content (AvgIpc) is 3.18. The van der Waals surface area contributed by atoms with Gasteiger partial charge in [0.15, 0.2) is 0 Å². The van der Waals surface area contributed by atoms with E-state index in [4.69, 9.17) is 4.74 Å². The number of carbonyl (C=O) groups is 1. The summed E-state index contributed by atoms with van der Waals surface area (Å²) in [4.78, 5) is 18.4. The smallest absolute Gasteiger partial charge is 0.256 e. The largest absolute Gasteiger partial charge is 0.496 e. The number of para-hydroxylation sites is 1. The van der Waals surface area contributed by atoms with E-state index in [1.54, 1.807) is 36.8 Å². The van der Waals surface area contributed by atoms with E-state index in [0.717, 1.165) is 32.6 Å². The van der Waals surface area contributed by atoms with E-state index in [-0.39, 0.29) is 11.9 Å². The first-order valence-corrected chi connectivity index (χ1v) is 10.7. The molecular weight excluding hydrogens is 406 g/mol. The molecule has 0 aliphatic heterocycles. The van der Waals surface area contributed by atoms with E-state index in [1.165, 1.54) is 0 Å². The van der Waals surface area contributed by atoms with Crippen molar-refractivity contribution in [1.29, 1.82) is 0 Å². The number of nitrogens with zero attached hydrogens (tertiary/aromatic N) is 1. The standard InChI is InChI=1S/C25H23N3O2S/c1-17-16-20(25(31-17)28-24(29)18-10-4-3-5-11-18)23(27-22-14-8-9-15-26-22)19-12-6-7-13-21(19)30-2/h3-16,23H,1-2H3,(H,26,27)(H,28,29)/t23-/m0/s1. The SMILES string of the molecule is COc1ccccc1[C@H](Nc1ccccn1)c1cc(C)sc1NC(=O)c1ccccc1. The Morgan fingerprint density at radius 1 is 0.968 bits per heavy atom. The zero-order valence-corrected chi connectivity index (χ0v) is 18.1. The number of ether oxygens (including phenoxy) is 1. The molecule has 1 atom stereocenters. The molecule has 0 spiro atoms. The van der Waals surface area contributed by atoms with Crippen molar-refractivity contribution >= 4 is 28.1 Å². The predicted molar refractivity (Wildman–Crippen MR) is 126 cm³/mol. The third-order valence-electron chi connectivity index (χ3n) is 4.87. The molecule has 0 radical (unpaired) electrons. The van der Waals surface area contributed by atoms with Crippen LogP contribution in [-0.2, 0) is 0 Å². The lowest BCUT2D eigenvalue weighted by Crippen LogP contribution is -2.17. The third kappa shape index (κ3) is 4.75. The van der Waals surface area contributed by atoms with Crippen LogP contribution in [-0.4, -0.2) is 18.0 Å². The van der Waals surface area contributed by atoms with Crippen molar-refractivity contribution in [3.8, 4) is 5.75 Å². The highest BCUT2D eigenvalue weighted by Crippen LogP contribution is 2.40. The maximum Gasteiger partial charge on any atom is 0.256 e. The molecule has 0 bridgehead atoms. The van der Waals surface area contributed by atoms with E-state index in [0.29, 0.717) is 5.56 Å². The molecule has 0 saturated heterocycles. The van der Waals surface area contributed by atoms with Crippen molar-refractivity contribution in [2.75, 3.05) is 17.7 Å². The van der Waals surface area contributed by atoms with Crippen molar-refractivity contribution in [2.45, 2.75) is 13.0 Å². The van der Waals surface area contributed by atoms with Gasteiger partial charge in [0.25, 0.3) is 5.91 Å². The molecule has 2 heterocycles. The summed E-state index contributed by atoms with van der Waals surface area (Å²) in [5, 5.41) is 7.41. The Hall–Kier alpha value is -3.64. The van der Waals surface area contributed by atoms with Crippen LogP contribution in [0.2, 0.25) is 0 Å². The minimum Gasteiger partial charge on any atom is -0.496 e. The van der Waals surface area contributed by atoms with Crippen molar-refractivity contribution in [3.05, 3.63) is 107 Å². The Morgan fingerprint density at radius 2 is 1.71 bits per heavy atom. The van der Waals surface area contributed by atoms with Crippen LogP contribution in [0.4, 0.5) is 10.8 Å². The van der Waals surface area contributed by atoms with Gasteiger partial charge in [0.1, 0.15) is 16.6 Å². The van der Waals surface area contributed by atoms with Crippen LogP contribution < -0.4 is 15.4 Å². The maximum atomic E-state index is 12.9. The molecule has 0 aliphatic rings. The van der Waals surface area contributed by atoms with Crippen LogP contribution in [0.5, 0.6) is 5.75 Å². The molecule has 0 aliphatic carbocycles. The molecular formula is C25H23N3O2S. The number of methoxy groups -OCH3 is 1. The highest BCUT2D eigenvalue weighted by molar-refractivity contribution is 7.16. The number of pyridine rings is 1. The number of hydrogen-bond donors (Lipinski definition) is 2. The number of carbonyl (C=O) groups excluding carboxylic acids is 1. The fraction of sp³-hybridized carbons (Fsp3) is 0.120. The van der Waals surface area contributed by atoms with Gasteiger partial charge >= 0.3 is 0 Å². The summed E-state index contributed by atoms with van der Waals surface area (Å²) in [6.07, 6.45) is 1.75. The molecule has 2 aromatic carbocycles. The number of benzene rings is 2. The summed E-state index contributed by atoms with van der Waals surface area (Å²) in [6, 6.07) is 24.7. The second-order valence-electron chi connectivity index (χ2n) is 7.00. The zero-order chi connectivity index (χ0) is 21.6. The quantitative estimate of drug-likeness (QED) is 0.383. The van der Waals surface area contributed by atoms with Crippen molar-refractivity contribution in [3.63, 3.8) is 0 Å². The second kappa shape index (κ2) is 9.45. The molecule has 5 nitrogen and oxygen atoms in total. The Morgan fingerprint density at radius 3 is 2.45 bits per heavy atom. The lowest BCUT2D eigenvalue weighted by molar-refractivity contribution is 0.102. The highest BCUT2D eigenvalue weighted by Gasteiger charge is 2.24. The molecule has 0 saturated carbocycles. The van der Waals surface area contributed by atoms with Gasteiger partial charge in [0, 0.05) is 27.8 Å². The van der Waals surface area contributed by atoms with Crippen molar-refractivity contribution < 1.29 is 9.53 Å². The molecule has 1 amide bonds. The van der Waals surface area contributed by atoms with E-state index in [9.17, 15) is 4.79 Å². The Labute approximate surface area is 185 Å². The van der Waals surface area contributed by atoms with Crippen LogP contribution in [0.1, 0.15) is 32.4 Å². The van der Waals surface area contributed by atoms with Crippen LogP contribution in [0.15, 0.2) is 85.1 Å². The lowest BCUT2D eigenvalue weighted by atomic mass is 9.98. The minimum atomic E-state index is -0.262. The number of aryl methyl sites for hydroxylation is 1. The van der Waals surface area contributed by atoms with E-state index < -0.39 is 0 Å². The minimum absolute atomic E-state index is 0.139. The number of anilines is 2. The summed E-state index contributed by atoms with van der Waals surface area (Å²) in [5.74, 6) is 1.36. The maximum absolute atomic E-state index is 12.9. The molecule has 4 aromatic rings. The van der Waals surface area contributed by atoms with Crippen LogP contribution in [0, 0.1) is 6.92 Å². The normalized spacial score (nSPS) is 11.5. The Balaban J connectivity index is 1.75. The number of aromatic nitrogens is 1. The van der Waals surface area contributed by atoms with Gasteiger partial charge < -0.3 is 15.4 Å². The van der Waals surface area contributed by atoms with Gasteiger partial charge in [-0.2, -0.15) is 0 Å². The van der Waals surface area contributed by atoms with Crippen molar-refractivity contribution in [2.24, 2.45) is 0 Å². The number of nitrogens with one attached hydrogen (secondary N) is 2.